The van der Waals surface area contributed by atoms with Gasteiger partial charge in [-0.15, -0.1) is 0 Å². The molecule has 0 amide bonds. The second-order valence-corrected chi connectivity index (χ2v) is 6.22. The van der Waals surface area contributed by atoms with Crippen molar-refractivity contribution in [2.45, 2.75) is 58.3 Å². The van der Waals surface area contributed by atoms with Gasteiger partial charge in [-0.3, -0.25) is 9.59 Å². The van der Waals surface area contributed by atoms with Crippen LogP contribution in [0, 0.1) is 5.92 Å². The van der Waals surface area contributed by atoms with E-state index in [2.05, 4.69) is 0 Å². The fourth-order valence-electron chi connectivity index (χ4n) is 3.69. The van der Waals surface area contributed by atoms with E-state index in [9.17, 15) is 9.59 Å². The molecule has 0 saturated heterocycles. The zero-order chi connectivity index (χ0) is 15.0. The molecule has 2 aliphatic rings. The third kappa shape index (κ3) is 2.39. The number of hydrogen-bond acceptors (Lipinski definition) is 3. The molecule has 1 heterocycles. The minimum atomic E-state index is -0.132. The average Bonchev–Trinajstić information content (AvgIpc) is 2.93. The predicted molar refractivity (Wildman–Crippen MR) is 81.1 cm³/mol. The molecule has 0 radical (unpaired) electrons. The molecule has 3 heteroatoms. The van der Waals surface area contributed by atoms with Gasteiger partial charge in [0.25, 0.3) is 0 Å². The fraction of sp³-hybridized carbons (Fsp3) is 0.556. The van der Waals surface area contributed by atoms with Crippen LogP contribution < -0.4 is 0 Å². The van der Waals surface area contributed by atoms with Crippen LogP contribution in [0.1, 0.15) is 69.0 Å². The van der Waals surface area contributed by atoms with Crippen molar-refractivity contribution in [2.75, 3.05) is 0 Å². The van der Waals surface area contributed by atoms with E-state index < -0.39 is 0 Å². The summed E-state index contributed by atoms with van der Waals surface area (Å²) in [7, 11) is 0. The summed E-state index contributed by atoms with van der Waals surface area (Å²) in [5.74, 6) is 2.18. The number of Topliss-reactive ketones (excluding diaryl/α,β-unsaturated/α-hetero) is 1. The summed E-state index contributed by atoms with van der Waals surface area (Å²) >= 11 is 0. The van der Waals surface area contributed by atoms with E-state index in [1.54, 1.807) is 0 Å². The van der Waals surface area contributed by atoms with Crippen LogP contribution in [0.5, 0.6) is 0 Å². The first-order chi connectivity index (χ1) is 10.2. The molecule has 0 spiro atoms. The molecular formula is C18H22O3. The Balaban J connectivity index is 2.22. The van der Waals surface area contributed by atoms with Gasteiger partial charge in [0.1, 0.15) is 23.6 Å². The van der Waals surface area contributed by atoms with Crippen LogP contribution >= 0.6 is 0 Å². The summed E-state index contributed by atoms with van der Waals surface area (Å²) in [4.78, 5) is 23.8. The van der Waals surface area contributed by atoms with E-state index >= 15 is 0 Å². The van der Waals surface area contributed by atoms with Gasteiger partial charge in [0, 0.05) is 29.9 Å². The summed E-state index contributed by atoms with van der Waals surface area (Å²) in [6, 6.07) is 2.02. The molecule has 1 aromatic rings. The first-order valence-electron chi connectivity index (χ1n) is 7.99. The highest BCUT2D eigenvalue weighted by Crippen LogP contribution is 2.44. The predicted octanol–water partition coefficient (Wildman–Crippen LogP) is 4.06. The zero-order valence-electron chi connectivity index (χ0n) is 12.8. The Kier molecular flexibility index (Phi) is 3.83. The van der Waals surface area contributed by atoms with Gasteiger partial charge in [-0.2, -0.15) is 0 Å². The number of carbonyl (C=O) groups is 2. The van der Waals surface area contributed by atoms with Crippen molar-refractivity contribution in [1.82, 2.24) is 0 Å². The number of rotatable bonds is 2. The molecule has 2 atom stereocenters. The molecule has 2 unspecified atom stereocenters. The lowest BCUT2D eigenvalue weighted by Crippen LogP contribution is -2.20. The van der Waals surface area contributed by atoms with E-state index in [-0.39, 0.29) is 11.7 Å². The Morgan fingerprint density at radius 3 is 2.86 bits per heavy atom. The number of aldehydes is 1. The van der Waals surface area contributed by atoms with Crippen molar-refractivity contribution in [1.29, 1.82) is 0 Å². The molecule has 0 N–H and O–H groups in total. The van der Waals surface area contributed by atoms with Crippen molar-refractivity contribution >= 4 is 17.6 Å². The molecule has 0 bridgehead atoms. The van der Waals surface area contributed by atoms with Crippen molar-refractivity contribution in [3.8, 4) is 0 Å². The van der Waals surface area contributed by atoms with E-state index in [4.69, 9.17) is 4.42 Å². The maximum atomic E-state index is 12.3. The van der Waals surface area contributed by atoms with Gasteiger partial charge >= 0.3 is 0 Å². The fourth-order valence-corrected chi connectivity index (χ4v) is 3.69. The lowest BCUT2D eigenvalue weighted by molar-refractivity contribution is -0.120. The van der Waals surface area contributed by atoms with Gasteiger partial charge in [0.2, 0.25) is 0 Å². The van der Waals surface area contributed by atoms with E-state index in [0.29, 0.717) is 12.3 Å². The summed E-state index contributed by atoms with van der Waals surface area (Å²) < 4.78 is 6.04. The summed E-state index contributed by atoms with van der Waals surface area (Å²) in [6.07, 6.45) is 6.17. The van der Waals surface area contributed by atoms with Crippen molar-refractivity contribution in [3.05, 3.63) is 28.7 Å². The van der Waals surface area contributed by atoms with Gasteiger partial charge in [-0.05, 0) is 43.2 Å². The van der Waals surface area contributed by atoms with E-state index in [1.165, 1.54) is 0 Å². The number of furan rings is 1. The van der Waals surface area contributed by atoms with Gasteiger partial charge in [0.05, 0.1) is 0 Å². The molecule has 1 aromatic heterocycles. The number of aryl methyl sites for hydroxylation is 1. The lowest BCUT2D eigenvalue weighted by Gasteiger charge is -2.29. The van der Waals surface area contributed by atoms with Crippen LogP contribution in [0.15, 0.2) is 16.1 Å². The first kappa shape index (κ1) is 14.3. The minimum absolute atomic E-state index is 0.132. The molecule has 112 valence electrons. The number of carbonyl (C=O) groups excluding carboxylic acids is 2. The third-order valence-electron chi connectivity index (χ3n) is 4.99. The molecule has 3 rings (SSSR count). The number of fused-ring (bicyclic) bond motifs is 3. The third-order valence-corrected chi connectivity index (χ3v) is 4.99. The van der Waals surface area contributed by atoms with Crippen LogP contribution in [0.3, 0.4) is 0 Å². The van der Waals surface area contributed by atoms with Gasteiger partial charge < -0.3 is 4.42 Å². The first-order valence-corrected chi connectivity index (χ1v) is 7.99. The maximum absolute atomic E-state index is 12.3. The highest BCUT2D eigenvalue weighted by molar-refractivity contribution is 5.93. The smallest absolute Gasteiger partial charge is 0.146 e. The standard InChI is InChI=1S/C18H22O3/c1-3-14-9-15-11(2)16(20)8-7-12-5-4-6-13(10-19)17(12)18(15)21-14/h9-12H,3-8H2,1-2H3. The van der Waals surface area contributed by atoms with E-state index in [1.807, 2.05) is 19.9 Å². The normalized spacial score (nSPS) is 25.9. The Bertz CT molecular complexity index is 606. The molecule has 0 saturated carbocycles. The van der Waals surface area contributed by atoms with Crippen LogP contribution in [0.4, 0.5) is 0 Å². The summed E-state index contributed by atoms with van der Waals surface area (Å²) in [5.41, 5.74) is 2.95. The average molecular weight is 286 g/mol. The van der Waals surface area contributed by atoms with Crippen LogP contribution in [0.2, 0.25) is 0 Å². The second-order valence-electron chi connectivity index (χ2n) is 6.22. The van der Waals surface area contributed by atoms with Gasteiger partial charge in [-0.25, -0.2) is 0 Å². The number of hydrogen-bond donors (Lipinski definition) is 0. The van der Waals surface area contributed by atoms with E-state index in [0.717, 1.165) is 66.6 Å². The molecule has 0 aromatic carbocycles. The largest absolute Gasteiger partial charge is 0.461 e. The molecule has 3 nitrogen and oxygen atoms in total. The van der Waals surface area contributed by atoms with Crippen LogP contribution in [0.25, 0.3) is 5.57 Å². The molecule has 0 aliphatic heterocycles. The maximum Gasteiger partial charge on any atom is 0.146 e. The number of ketones is 1. The summed E-state index contributed by atoms with van der Waals surface area (Å²) in [5, 5.41) is 0. The quantitative estimate of drug-likeness (QED) is 0.770. The van der Waals surface area contributed by atoms with Crippen molar-refractivity contribution < 1.29 is 14.0 Å². The molecule has 2 aliphatic carbocycles. The molecule has 21 heavy (non-hydrogen) atoms. The SMILES string of the molecule is CCc1cc2c(o1)C1=C(C=O)CCCC1CCC(=O)C2C. The highest BCUT2D eigenvalue weighted by Gasteiger charge is 2.34. The van der Waals surface area contributed by atoms with Gasteiger partial charge in [-0.1, -0.05) is 13.8 Å². The number of allylic oxidation sites excluding steroid dienone is 2. The Hall–Kier alpha value is -1.64. The van der Waals surface area contributed by atoms with Gasteiger partial charge in [0.15, 0.2) is 0 Å². The topological polar surface area (TPSA) is 47.3 Å². The van der Waals surface area contributed by atoms with Crippen molar-refractivity contribution in [2.24, 2.45) is 5.92 Å². The van der Waals surface area contributed by atoms with Crippen molar-refractivity contribution in [3.63, 3.8) is 0 Å². The Morgan fingerprint density at radius 1 is 1.33 bits per heavy atom. The second kappa shape index (κ2) is 5.63. The lowest BCUT2D eigenvalue weighted by atomic mass is 9.74. The van der Waals surface area contributed by atoms with Crippen LogP contribution in [-0.2, 0) is 16.0 Å². The monoisotopic (exact) mass is 286 g/mol. The Morgan fingerprint density at radius 2 is 2.14 bits per heavy atom. The molecular weight excluding hydrogens is 264 g/mol. The zero-order valence-corrected chi connectivity index (χ0v) is 12.8. The Labute approximate surface area is 125 Å². The summed E-state index contributed by atoms with van der Waals surface area (Å²) in [6.45, 7) is 4.01. The molecule has 0 fully saturated rings. The van der Waals surface area contributed by atoms with Crippen LogP contribution in [-0.4, -0.2) is 12.1 Å². The minimum Gasteiger partial charge on any atom is -0.461 e. The highest BCUT2D eigenvalue weighted by atomic mass is 16.3.